The number of nitrogens with one attached hydrogen (secondary N) is 2. The van der Waals surface area contributed by atoms with Gasteiger partial charge < -0.3 is 5.32 Å². The number of hydrogen-bond acceptors (Lipinski definition) is 3. The summed E-state index contributed by atoms with van der Waals surface area (Å²) < 4.78 is 14.8. The fourth-order valence-corrected chi connectivity index (χ4v) is 2.37. The van der Waals surface area contributed by atoms with Crippen LogP contribution in [0, 0.1) is 5.82 Å². The molecule has 2 aromatic carbocycles. The number of hydrogen-bond donors (Lipinski definition) is 2. The summed E-state index contributed by atoms with van der Waals surface area (Å²) in [5.74, 6) is 0.0195. The Bertz CT molecular complexity index is 850. The number of anilines is 2. The Kier molecular flexibility index (Phi) is 5.02. The molecule has 0 bridgehead atoms. The van der Waals surface area contributed by atoms with Gasteiger partial charge >= 0.3 is 0 Å². The van der Waals surface area contributed by atoms with Crippen LogP contribution in [0.5, 0.6) is 0 Å². The summed E-state index contributed by atoms with van der Waals surface area (Å²) in [5.41, 5.74) is 1.60. The van der Waals surface area contributed by atoms with Crippen molar-refractivity contribution in [3.8, 4) is 0 Å². The molecule has 0 atom stereocenters. The monoisotopic (exact) mass is 361 g/mol. The van der Waals surface area contributed by atoms with Gasteiger partial charge in [-0.2, -0.15) is 0 Å². The van der Waals surface area contributed by atoms with Crippen LogP contribution >= 0.6 is 23.8 Å². The van der Waals surface area contributed by atoms with E-state index in [0.29, 0.717) is 23.2 Å². The van der Waals surface area contributed by atoms with Crippen LogP contribution in [0.15, 0.2) is 54.9 Å². The lowest BCUT2D eigenvalue weighted by Gasteiger charge is -2.07. The molecule has 0 unspecified atom stereocenters. The molecule has 0 aliphatic carbocycles. The van der Waals surface area contributed by atoms with E-state index in [1.54, 1.807) is 23.1 Å². The highest BCUT2D eigenvalue weighted by molar-refractivity contribution is 7.80. The summed E-state index contributed by atoms with van der Waals surface area (Å²) in [6.45, 7) is 0.565. The molecule has 0 saturated heterocycles. The van der Waals surface area contributed by atoms with Gasteiger partial charge in [0, 0.05) is 10.7 Å². The summed E-state index contributed by atoms with van der Waals surface area (Å²) in [4.78, 5) is 4.14. The molecule has 0 aliphatic heterocycles. The summed E-state index contributed by atoms with van der Waals surface area (Å²) >= 11 is 11.0. The van der Waals surface area contributed by atoms with E-state index in [9.17, 15) is 4.39 Å². The molecule has 0 saturated carbocycles. The van der Waals surface area contributed by atoms with Gasteiger partial charge in [0.05, 0.1) is 6.54 Å². The molecular formula is C16H13ClFN5S. The number of halogens is 2. The lowest BCUT2D eigenvalue weighted by molar-refractivity contribution is 0.628. The van der Waals surface area contributed by atoms with Crippen molar-refractivity contribution in [1.29, 1.82) is 0 Å². The Morgan fingerprint density at radius 3 is 2.71 bits per heavy atom. The molecule has 24 heavy (non-hydrogen) atoms. The molecular weight excluding hydrogens is 349 g/mol. The predicted molar refractivity (Wildman–Crippen MR) is 96.8 cm³/mol. The average molecular weight is 362 g/mol. The highest BCUT2D eigenvalue weighted by atomic mass is 35.5. The number of thiocarbonyl (C=S) groups is 1. The molecule has 2 N–H and O–H groups in total. The summed E-state index contributed by atoms with van der Waals surface area (Å²) in [6.07, 6.45) is 1.60. The summed E-state index contributed by atoms with van der Waals surface area (Å²) in [6, 6.07) is 13.5. The largest absolute Gasteiger partial charge is 0.332 e. The Hall–Kier alpha value is -2.51. The third-order valence-corrected chi connectivity index (χ3v) is 3.56. The Morgan fingerprint density at radius 1 is 1.17 bits per heavy atom. The van der Waals surface area contributed by atoms with Crippen LogP contribution in [0.4, 0.5) is 16.0 Å². The molecule has 0 fully saturated rings. The van der Waals surface area contributed by atoms with Gasteiger partial charge in [0.1, 0.15) is 12.1 Å². The van der Waals surface area contributed by atoms with E-state index < -0.39 is 0 Å². The molecule has 8 heteroatoms. The first-order chi connectivity index (χ1) is 11.6. The van der Waals surface area contributed by atoms with E-state index >= 15 is 0 Å². The summed E-state index contributed by atoms with van der Waals surface area (Å²) in [7, 11) is 0. The lowest BCUT2D eigenvalue weighted by Crippen LogP contribution is -2.20. The van der Waals surface area contributed by atoms with Gasteiger partial charge in [-0.3, -0.25) is 5.32 Å². The topological polar surface area (TPSA) is 54.8 Å². The Labute approximate surface area is 148 Å². The first kappa shape index (κ1) is 16.4. The van der Waals surface area contributed by atoms with E-state index in [1.807, 2.05) is 24.3 Å². The van der Waals surface area contributed by atoms with Gasteiger partial charge in [-0.15, -0.1) is 5.10 Å². The molecule has 1 heterocycles. The molecule has 1 aromatic heterocycles. The minimum absolute atomic E-state index is 0.282. The van der Waals surface area contributed by atoms with Crippen molar-refractivity contribution < 1.29 is 4.39 Å². The zero-order valence-electron chi connectivity index (χ0n) is 12.4. The maximum atomic E-state index is 13.1. The maximum Gasteiger partial charge on any atom is 0.248 e. The first-order valence-corrected chi connectivity index (χ1v) is 7.84. The number of rotatable bonds is 4. The minimum Gasteiger partial charge on any atom is -0.332 e. The first-order valence-electron chi connectivity index (χ1n) is 7.06. The van der Waals surface area contributed by atoms with E-state index in [1.165, 1.54) is 12.1 Å². The molecule has 3 aromatic rings. The lowest BCUT2D eigenvalue weighted by atomic mass is 10.2. The van der Waals surface area contributed by atoms with Gasteiger partial charge in [-0.1, -0.05) is 29.8 Å². The second kappa shape index (κ2) is 7.37. The van der Waals surface area contributed by atoms with Gasteiger partial charge in [-0.25, -0.2) is 14.1 Å². The third-order valence-electron chi connectivity index (χ3n) is 3.10. The van der Waals surface area contributed by atoms with Crippen LogP contribution in [-0.2, 0) is 6.54 Å². The fraction of sp³-hybridized carbons (Fsp3) is 0.0625. The second-order valence-electron chi connectivity index (χ2n) is 4.98. The van der Waals surface area contributed by atoms with E-state index in [2.05, 4.69) is 20.7 Å². The highest BCUT2D eigenvalue weighted by Crippen LogP contribution is 2.12. The number of aromatic nitrogens is 3. The zero-order chi connectivity index (χ0) is 16.9. The molecule has 122 valence electrons. The molecule has 0 aliphatic rings. The van der Waals surface area contributed by atoms with Crippen molar-refractivity contribution in [3.05, 3.63) is 71.3 Å². The average Bonchev–Trinajstić information content (AvgIpc) is 2.96. The molecule has 3 rings (SSSR count). The molecule has 5 nitrogen and oxygen atoms in total. The number of benzene rings is 2. The van der Waals surface area contributed by atoms with E-state index in [-0.39, 0.29) is 10.9 Å². The van der Waals surface area contributed by atoms with Crippen LogP contribution < -0.4 is 10.6 Å². The zero-order valence-corrected chi connectivity index (χ0v) is 14.0. The van der Waals surface area contributed by atoms with Crippen molar-refractivity contribution in [3.63, 3.8) is 0 Å². The van der Waals surface area contributed by atoms with Crippen LogP contribution in [0.25, 0.3) is 0 Å². The quantitative estimate of drug-likeness (QED) is 0.690. The maximum absolute atomic E-state index is 13.1. The molecule has 0 amide bonds. The molecule has 0 radical (unpaired) electrons. The SMILES string of the molecule is Fc1cccc(NC(=S)Nc2ncn(Cc3ccc(Cl)cc3)n2)c1. The third kappa shape index (κ3) is 4.50. The van der Waals surface area contributed by atoms with Crippen molar-refractivity contribution in [2.75, 3.05) is 10.6 Å². The van der Waals surface area contributed by atoms with Gasteiger partial charge in [0.25, 0.3) is 0 Å². The van der Waals surface area contributed by atoms with Crippen LogP contribution in [-0.4, -0.2) is 19.9 Å². The standard InChI is InChI=1S/C16H13ClFN5S/c17-12-6-4-11(5-7-12)9-23-10-19-15(22-23)21-16(24)20-14-3-1-2-13(18)8-14/h1-8,10H,9H2,(H2,20,21,22,24). The van der Waals surface area contributed by atoms with Gasteiger partial charge in [0.2, 0.25) is 5.95 Å². The van der Waals surface area contributed by atoms with Gasteiger partial charge in [-0.05, 0) is 48.1 Å². The molecule has 0 spiro atoms. The second-order valence-corrected chi connectivity index (χ2v) is 5.83. The van der Waals surface area contributed by atoms with Crippen molar-refractivity contribution in [2.24, 2.45) is 0 Å². The predicted octanol–water partition coefficient (Wildman–Crippen LogP) is 3.93. The Balaban J connectivity index is 1.59. The van der Waals surface area contributed by atoms with Crippen molar-refractivity contribution in [1.82, 2.24) is 14.8 Å². The van der Waals surface area contributed by atoms with E-state index in [0.717, 1.165) is 5.56 Å². The minimum atomic E-state index is -0.340. The normalized spacial score (nSPS) is 10.4. The van der Waals surface area contributed by atoms with Crippen LogP contribution in [0.3, 0.4) is 0 Å². The van der Waals surface area contributed by atoms with Crippen LogP contribution in [0.2, 0.25) is 5.02 Å². The smallest absolute Gasteiger partial charge is 0.248 e. The Morgan fingerprint density at radius 2 is 1.96 bits per heavy atom. The van der Waals surface area contributed by atoms with Crippen molar-refractivity contribution in [2.45, 2.75) is 6.54 Å². The van der Waals surface area contributed by atoms with Gasteiger partial charge in [0.15, 0.2) is 5.11 Å². The number of nitrogens with zero attached hydrogens (tertiary/aromatic N) is 3. The summed E-state index contributed by atoms with van der Waals surface area (Å²) in [5, 5.41) is 11.0. The van der Waals surface area contributed by atoms with E-state index in [4.69, 9.17) is 23.8 Å². The van der Waals surface area contributed by atoms with Crippen LogP contribution in [0.1, 0.15) is 5.56 Å². The fourth-order valence-electron chi connectivity index (χ4n) is 2.04. The van der Waals surface area contributed by atoms with Crippen molar-refractivity contribution >= 4 is 40.6 Å². The highest BCUT2D eigenvalue weighted by Gasteiger charge is 2.05.